The summed E-state index contributed by atoms with van der Waals surface area (Å²) in [6, 6.07) is 25.6. The van der Waals surface area contributed by atoms with Gasteiger partial charge in [-0.1, -0.05) is 73.2 Å². The van der Waals surface area contributed by atoms with Crippen molar-refractivity contribution in [2.24, 2.45) is 16.8 Å². The Morgan fingerprint density at radius 3 is 2.03 bits per heavy atom. The summed E-state index contributed by atoms with van der Waals surface area (Å²) in [6.45, 7) is 4.32. The predicted molar refractivity (Wildman–Crippen MR) is 140 cm³/mol. The zero-order valence-electron chi connectivity index (χ0n) is 19.7. The van der Waals surface area contributed by atoms with Crippen LogP contribution in [0.3, 0.4) is 0 Å². The van der Waals surface area contributed by atoms with E-state index >= 15 is 0 Å². The fourth-order valence-corrected chi connectivity index (χ4v) is 5.88. The van der Waals surface area contributed by atoms with Crippen LogP contribution in [0.25, 0.3) is 0 Å². The topological polar surface area (TPSA) is 32.6 Å². The fourth-order valence-electron chi connectivity index (χ4n) is 5.88. The minimum absolute atomic E-state index is 0.340. The molecule has 2 aliphatic rings. The molecule has 0 spiro atoms. The molecule has 3 aromatic carbocycles. The number of aliphatic imine (C=N–C) groups is 1. The van der Waals surface area contributed by atoms with Gasteiger partial charge in [-0.05, 0) is 67.7 Å². The van der Waals surface area contributed by atoms with E-state index in [1.165, 1.54) is 25.7 Å². The average Bonchev–Trinajstić information content (AvgIpc) is 3.49. The molecule has 0 heterocycles. The number of rotatable bonds is 5. The Balaban J connectivity index is 0.000000868. The molecule has 2 nitrogen and oxygen atoms in total. The van der Waals surface area contributed by atoms with Gasteiger partial charge in [0.15, 0.2) is 0 Å². The minimum atomic E-state index is -0.826. The Labute approximate surface area is 222 Å². The summed E-state index contributed by atoms with van der Waals surface area (Å²) >= 11 is -0.826. The molecular formula is C29H31Cl2NOZr. The van der Waals surface area contributed by atoms with E-state index in [0.29, 0.717) is 11.8 Å². The maximum absolute atomic E-state index is 11.5. The summed E-state index contributed by atoms with van der Waals surface area (Å²) in [5, 5.41) is 11.5. The van der Waals surface area contributed by atoms with Crippen LogP contribution in [-0.2, 0) is 26.3 Å². The third-order valence-electron chi connectivity index (χ3n) is 7.63. The Bertz CT molecular complexity index is 1080. The van der Waals surface area contributed by atoms with Crippen LogP contribution in [0.15, 0.2) is 77.8 Å². The zero-order valence-corrected chi connectivity index (χ0v) is 23.7. The zero-order chi connectivity index (χ0) is 24.1. The van der Waals surface area contributed by atoms with E-state index in [1.807, 2.05) is 18.3 Å². The predicted octanol–water partition coefficient (Wildman–Crippen LogP) is 8.04. The maximum atomic E-state index is 11.5. The number of phenols is 1. The standard InChI is InChI=1S/C29H31NO.2ClH.Zr/c1-20-15-23(19-30-27-18-21-13-14-22(27)17-21)28(31)26(16-20)29(2,24-9-5-3-6-10-24)25-11-7-4-8-12-25;;;/h3-12,15-16,19,21-22,27,31H,13-14,17-18H2,1-2H3;2*1H;/q;;;+2/p-2. The quantitative estimate of drug-likeness (QED) is 0.244. The van der Waals surface area contributed by atoms with Gasteiger partial charge in [-0.25, -0.2) is 0 Å². The molecule has 34 heavy (non-hydrogen) atoms. The van der Waals surface area contributed by atoms with Gasteiger partial charge in [-0.2, -0.15) is 0 Å². The van der Waals surface area contributed by atoms with Gasteiger partial charge in [-0.3, -0.25) is 4.99 Å². The number of fused-ring (bicyclic) bond motifs is 2. The van der Waals surface area contributed by atoms with Crippen LogP contribution in [0.1, 0.15) is 60.4 Å². The monoisotopic (exact) mass is 569 g/mol. The molecule has 2 saturated carbocycles. The summed E-state index contributed by atoms with van der Waals surface area (Å²) in [6.07, 6.45) is 7.19. The van der Waals surface area contributed by atoms with Crippen molar-refractivity contribution in [3.8, 4) is 5.75 Å². The fraction of sp³-hybridized carbons (Fsp3) is 0.345. The number of hydrogen-bond donors (Lipinski definition) is 1. The van der Waals surface area contributed by atoms with Crippen LogP contribution < -0.4 is 0 Å². The molecule has 0 amide bonds. The number of aryl methyl sites for hydroxylation is 1. The molecule has 0 radical (unpaired) electrons. The van der Waals surface area contributed by atoms with Gasteiger partial charge in [0.2, 0.25) is 0 Å². The number of halogens is 2. The molecule has 1 N–H and O–H groups in total. The average molecular weight is 572 g/mol. The molecule has 3 aromatic rings. The first kappa shape index (κ1) is 25.7. The van der Waals surface area contributed by atoms with Crippen LogP contribution in [0.4, 0.5) is 0 Å². The first-order valence-corrected chi connectivity index (χ1v) is 18.2. The Morgan fingerprint density at radius 1 is 0.941 bits per heavy atom. The molecule has 3 atom stereocenters. The summed E-state index contributed by atoms with van der Waals surface area (Å²) < 4.78 is 0. The first-order valence-electron chi connectivity index (χ1n) is 11.9. The number of aromatic hydroxyl groups is 1. The summed E-state index contributed by atoms with van der Waals surface area (Å²) in [5.74, 6) is 1.95. The van der Waals surface area contributed by atoms with E-state index in [-0.39, 0.29) is 0 Å². The van der Waals surface area contributed by atoms with Crippen molar-refractivity contribution in [1.82, 2.24) is 0 Å². The van der Waals surface area contributed by atoms with Crippen LogP contribution in [0, 0.1) is 18.8 Å². The van der Waals surface area contributed by atoms with E-state index in [0.717, 1.165) is 39.7 Å². The molecule has 5 rings (SSSR count). The van der Waals surface area contributed by atoms with Crippen molar-refractivity contribution in [2.75, 3.05) is 0 Å². The van der Waals surface area contributed by atoms with Crippen LogP contribution in [0.5, 0.6) is 5.75 Å². The third-order valence-corrected chi connectivity index (χ3v) is 7.63. The van der Waals surface area contributed by atoms with Crippen LogP contribution >= 0.6 is 17.0 Å². The number of benzene rings is 3. The second kappa shape index (κ2) is 11.6. The van der Waals surface area contributed by atoms with E-state index < -0.39 is 26.3 Å². The molecule has 0 aliphatic heterocycles. The Morgan fingerprint density at radius 2 is 1.53 bits per heavy atom. The summed E-state index contributed by atoms with van der Waals surface area (Å²) in [4.78, 5) is 4.96. The molecule has 2 fully saturated rings. The van der Waals surface area contributed by atoms with Crippen molar-refractivity contribution in [3.05, 3.63) is 101 Å². The SMILES string of the molecule is Cc1cc(C=NC2CC3CCC2C3)c(O)c(C(C)(c2ccccc2)c2ccccc2)c1.[Cl][Zr][Cl]. The molecule has 5 heteroatoms. The van der Waals surface area contributed by atoms with E-state index in [9.17, 15) is 5.11 Å². The van der Waals surface area contributed by atoms with Gasteiger partial charge >= 0.3 is 37.9 Å². The molecule has 0 saturated heterocycles. The summed E-state index contributed by atoms with van der Waals surface area (Å²) in [7, 11) is 9.87. The molecule has 3 unspecified atom stereocenters. The van der Waals surface area contributed by atoms with Gasteiger partial charge < -0.3 is 5.11 Å². The van der Waals surface area contributed by atoms with Crippen molar-refractivity contribution >= 4 is 23.2 Å². The van der Waals surface area contributed by atoms with Gasteiger partial charge in [0.05, 0.1) is 6.04 Å². The van der Waals surface area contributed by atoms with E-state index in [2.05, 4.69) is 74.5 Å². The number of hydrogen-bond acceptors (Lipinski definition) is 2. The number of nitrogens with zero attached hydrogens (tertiary/aromatic N) is 1. The van der Waals surface area contributed by atoms with Gasteiger partial charge in [0, 0.05) is 22.8 Å². The normalized spacial score (nSPS) is 21.4. The number of phenolic OH excluding ortho intramolecular Hbond substituents is 1. The van der Waals surface area contributed by atoms with Gasteiger partial charge in [0.25, 0.3) is 0 Å². The van der Waals surface area contributed by atoms with Gasteiger partial charge in [0.1, 0.15) is 5.75 Å². The first-order chi connectivity index (χ1) is 16.5. The van der Waals surface area contributed by atoms with Crippen molar-refractivity contribution in [3.63, 3.8) is 0 Å². The second-order valence-electron chi connectivity index (χ2n) is 9.70. The van der Waals surface area contributed by atoms with Crippen molar-refractivity contribution < 1.29 is 26.0 Å². The molecule has 176 valence electrons. The Hall–Kier alpha value is -1.41. The van der Waals surface area contributed by atoms with Gasteiger partial charge in [-0.15, -0.1) is 0 Å². The van der Waals surface area contributed by atoms with E-state index in [1.54, 1.807) is 0 Å². The molecular weight excluding hydrogens is 540 g/mol. The Kier molecular flexibility index (Phi) is 8.72. The third kappa shape index (κ3) is 5.38. The second-order valence-corrected chi connectivity index (χ2v) is 13.4. The molecule has 2 aliphatic carbocycles. The van der Waals surface area contributed by atoms with Crippen molar-refractivity contribution in [1.29, 1.82) is 0 Å². The van der Waals surface area contributed by atoms with Crippen LogP contribution in [0.2, 0.25) is 0 Å². The van der Waals surface area contributed by atoms with Crippen LogP contribution in [-0.4, -0.2) is 17.4 Å². The molecule has 2 bridgehead atoms. The van der Waals surface area contributed by atoms with Crippen molar-refractivity contribution in [2.45, 2.75) is 51.0 Å². The molecule has 0 aromatic heterocycles. The van der Waals surface area contributed by atoms with E-state index in [4.69, 9.17) is 22.0 Å². The summed E-state index contributed by atoms with van der Waals surface area (Å²) in [5.41, 5.74) is 4.76.